The molecule has 7 heteroatoms. The molecule has 1 rings (SSSR count). The lowest BCUT2D eigenvalue weighted by Gasteiger charge is -2.34. The number of benzene rings is 1. The van der Waals surface area contributed by atoms with Crippen LogP contribution in [0.2, 0.25) is 0 Å². The van der Waals surface area contributed by atoms with Gasteiger partial charge in [0.25, 0.3) is 0 Å². The monoisotopic (exact) mass is 501 g/mol. The Kier molecular flexibility index (Phi) is 12.7. The molecule has 0 heterocycles. The zero-order valence-corrected chi connectivity index (χ0v) is 23.4. The van der Waals surface area contributed by atoms with Gasteiger partial charge in [0, 0.05) is 12.1 Å². The number of alkyl carbamates (subject to hydrolysis) is 1. The molecule has 0 saturated carbocycles. The Hall–Kier alpha value is -2.83. The number of nitrogens with one attached hydrogen (secondary N) is 2. The molecule has 1 atom stereocenters. The highest BCUT2D eigenvalue weighted by atomic mass is 16.6. The Morgan fingerprint density at radius 2 is 1.67 bits per heavy atom. The zero-order valence-electron chi connectivity index (χ0n) is 23.4. The highest BCUT2D eigenvalue weighted by molar-refractivity contribution is 5.90. The first-order valence-corrected chi connectivity index (χ1v) is 13.1. The third kappa shape index (κ3) is 12.2. The standard InChI is InChI=1S/C29H47N3O4/c1-9-11-12-13-14-15-19-32(24(33)21-30-27(35)36-29(6,7)8)25(26(34)31-28(3,4)5)23-18-16-17-22(10-2)20-23/h10,16-18,20,25H,2,9,11-15,19,21H2,1,3-8H3,(H,30,35)(H,31,34). The third-order valence-electron chi connectivity index (χ3n) is 5.38. The second-order valence-electron chi connectivity index (χ2n) is 11.2. The lowest BCUT2D eigenvalue weighted by atomic mass is 9.99. The minimum atomic E-state index is -0.840. The van der Waals surface area contributed by atoms with Crippen molar-refractivity contribution in [2.45, 2.75) is 104 Å². The van der Waals surface area contributed by atoms with Crippen molar-refractivity contribution in [3.8, 4) is 0 Å². The van der Waals surface area contributed by atoms with Crippen LogP contribution in [0.25, 0.3) is 6.08 Å². The van der Waals surface area contributed by atoms with Crippen molar-refractivity contribution in [1.82, 2.24) is 15.5 Å². The molecular formula is C29H47N3O4. The summed E-state index contributed by atoms with van der Waals surface area (Å²) in [7, 11) is 0. The highest BCUT2D eigenvalue weighted by Gasteiger charge is 2.33. The molecule has 1 unspecified atom stereocenters. The Bertz CT molecular complexity index is 868. The summed E-state index contributed by atoms with van der Waals surface area (Å²) >= 11 is 0. The molecule has 36 heavy (non-hydrogen) atoms. The summed E-state index contributed by atoms with van der Waals surface area (Å²) in [5, 5.41) is 5.59. The summed E-state index contributed by atoms with van der Waals surface area (Å²) < 4.78 is 5.28. The topological polar surface area (TPSA) is 87.7 Å². The van der Waals surface area contributed by atoms with Gasteiger partial charge in [0.2, 0.25) is 11.8 Å². The normalized spacial score (nSPS) is 12.4. The van der Waals surface area contributed by atoms with E-state index in [1.54, 1.807) is 31.7 Å². The Labute approximate surface area is 218 Å². The first kappa shape index (κ1) is 31.2. The first-order chi connectivity index (χ1) is 16.8. The van der Waals surface area contributed by atoms with Crippen molar-refractivity contribution in [2.75, 3.05) is 13.1 Å². The minimum Gasteiger partial charge on any atom is -0.444 e. The van der Waals surface area contributed by atoms with Crippen LogP contribution in [0.1, 0.15) is 104 Å². The summed E-state index contributed by atoms with van der Waals surface area (Å²) in [5.41, 5.74) is 0.409. The molecule has 2 N–H and O–H groups in total. The molecule has 3 amide bonds. The fourth-order valence-electron chi connectivity index (χ4n) is 3.79. The van der Waals surface area contributed by atoms with Crippen LogP contribution >= 0.6 is 0 Å². The van der Waals surface area contributed by atoms with Gasteiger partial charge in [-0.3, -0.25) is 9.59 Å². The van der Waals surface area contributed by atoms with Crippen molar-refractivity contribution in [2.24, 2.45) is 0 Å². The summed E-state index contributed by atoms with van der Waals surface area (Å²) in [4.78, 5) is 40.8. The number of amides is 3. The van der Waals surface area contributed by atoms with Gasteiger partial charge in [-0.2, -0.15) is 0 Å². The van der Waals surface area contributed by atoms with Gasteiger partial charge in [-0.1, -0.05) is 69.9 Å². The first-order valence-electron chi connectivity index (χ1n) is 13.1. The summed E-state index contributed by atoms with van der Waals surface area (Å²) in [6, 6.07) is 6.65. The number of hydrogen-bond acceptors (Lipinski definition) is 4. The van der Waals surface area contributed by atoms with E-state index < -0.39 is 23.3 Å². The second-order valence-corrected chi connectivity index (χ2v) is 11.2. The number of hydrogen-bond donors (Lipinski definition) is 2. The molecule has 0 aromatic heterocycles. The van der Waals surface area contributed by atoms with Gasteiger partial charge < -0.3 is 20.3 Å². The minimum absolute atomic E-state index is 0.259. The van der Waals surface area contributed by atoms with Crippen LogP contribution in [-0.2, 0) is 14.3 Å². The molecular weight excluding hydrogens is 454 g/mol. The lowest BCUT2D eigenvalue weighted by molar-refractivity contribution is -0.141. The van der Waals surface area contributed by atoms with Gasteiger partial charge in [-0.05, 0) is 65.2 Å². The van der Waals surface area contributed by atoms with Gasteiger partial charge in [0.1, 0.15) is 18.2 Å². The van der Waals surface area contributed by atoms with Gasteiger partial charge in [0.05, 0.1) is 0 Å². The van der Waals surface area contributed by atoms with Crippen molar-refractivity contribution in [1.29, 1.82) is 0 Å². The predicted octanol–water partition coefficient (Wildman–Crippen LogP) is 6.00. The van der Waals surface area contributed by atoms with Crippen LogP contribution in [-0.4, -0.2) is 47.0 Å². The van der Waals surface area contributed by atoms with E-state index in [1.165, 1.54) is 6.42 Å². The van der Waals surface area contributed by atoms with Crippen LogP contribution < -0.4 is 10.6 Å². The maximum atomic E-state index is 13.6. The van der Waals surface area contributed by atoms with Crippen LogP contribution in [0.15, 0.2) is 30.8 Å². The molecule has 0 aliphatic heterocycles. The van der Waals surface area contributed by atoms with E-state index in [2.05, 4.69) is 24.1 Å². The average molecular weight is 502 g/mol. The molecule has 0 radical (unpaired) electrons. The number of rotatable bonds is 13. The fraction of sp³-hybridized carbons (Fsp3) is 0.621. The van der Waals surface area contributed by atoms with Gasteiger partial charge >= 0.3 is 6.09 Å². The third-order valence-corrected chi connectivity index (χ3v) is 5.38. The van der Waals surface area contributed by atoms with E-state index in [1.807, 2.05) is 45.0 Å². The molecule has 0 aliphatic rings. The van der Waals surface area contributed by atoms with E-state index in [-0.39, 0.29) is 18.4 Å². The largest absolute Gasteiger partial charge is 0.444 e. The van der Waals surface area contributed by atoms with Crippen molar-refractivity contribution < 1.29 is 19.1 Å². The van der Waals surface area contributed by atoms with Crippen molar-refractivity contribution in [3.05, 3.63) is 42.0 Å². The molecule has 0 aliphatic carbocycles. The van der Waals surface area contributed by atoms with Crippen LogP contribution in [0, 0.1) is 0 Å². The van der Waals surface area contributed by atoms with E-state index in [4.69, 9.17) is 4.74 Å². The molecule has 0 fully saturated rings. The number of ether oxygens (including phenoxy) is 1. The Balaban J connectivity index is 3.24. The Morgan fingerprint density at radius 3 is 2.25 bits per heavy atom. The highest BCUT2D eigenvalue weighted by Crippen LogP contribution is 2.25. The second kappa shape index (κ2) is 14.7. The fourth-order valence-corrected chi connectivity index (χ4v) is 3.79. The summed E-state index contributed by atoms with van der Waals surface area (Å²) in [6.07, 6.45) is 7.36. The van der Waals surface area contributed by atoms with Crippen molar-refractivity contribution in [3.63, 3.8) is 0 Å². The van der Waals surface area contributed by atoms with E-state index in [0.717, 1.165) is 37.7 Å². The molecule has 0 spiro atoms. The van der Waals surface area contributed by atoms with Gasteiger partial charge in [0.15, 0.2) is 0 Å². The lowest BCUT2D eigenvalue weighted by Crippen LogP contribution is -2.51. The Morgan fingerprint density at radius 1 is 1.03 bits per heavy atom. The van der Waals surface area contributed by atoms with Crippen LogP contribution in [0.4, 0.5) is 4.79 Å². The maximum Gasteiger partial charge on any atom is 0.408 e. The van der Waals surface area contributed by atoms with Gasteiger partial charge in [-0.25, -0.2) is 4.79 Å². The molecule has 7 nitrogen and oxygen atoms in total. The smallest absolute Gasteiger partial charge is 0.408 e. The van der Waals surface area contributed by atoms with E-state index in [0.29, 0.717) is 12.1 Å². The molecule has 1 aromatic rings. The molecule has 0 bridgehead atoms. The summed E-state index contributed by atoms with van der Waals surface area (Å²) in [6.45, 7) is 17.2. The predicted molar refractivity (Wildman–Crippen MR) is 146 cm³/mol. The van der Waals surface area contributed by atoms with Gasteiger partial charge in [-0.15, -0.1) is 0 Å². The average Bonchev–Trinajstić information content (AvgIpc) is 2.76. The van der Waals surface area contributed by atoms with Crippen LogP contribution in [0.5, 0.6) is 0 Å². The van der Waals surface area contributed by atoms with Crippen LogP contribution in [0.3, 0.4) is 0 Å². The van der Waals surface area contributed by atoms with E-state index in [9.17, 15) is 14.4 Å². The van der Waals surface area contributed by atoms with E-state index >= 15 is 0 Å². The molecule has 0 saturated heterocycles. The quantitative estimate of drug-likeness (QED) is 0.325. The molecule has 202 valence electrons. The molecule has 1 aromatic carbocycles. The number of unbranched alkanes of at least 4 members (excludes halogenated alkanes) is 5. The SMILES string of the molecule is C=Cc1cccc(C(C(=O)NC(C)(C)C)N(CCCCCCCC)C(=O)CNC(=O)OC(C)(C)C)c1. The zero-order chi connectivity index (χ0) is 27.4. The number of carbonyl (C=O) groups is 3. The number of carbonyl (C=O) groups excluding carboxylic acids is 3. The number of nitrogens with zero attached hydrogens (tertiary/aromatic N) is 1. The maximum absolute atomic E-state index is 13.6. The van der Waals surface area contributed by atoms with Crippen molar-refractivity contribution >= 4 is 24.0 Å². The summed E-state index contributed by atoms with van der Waals surface area (Å²) in [5.74, 6) is -0.604.